The molecule has 0 fully saturated rings. The highest BCUT2D eigenvalue weighted by Crippen LogP contribution is 2.25. The van der Waals surface area contributed by atoms with Gasteiger partial charge in [0.15, 0.2) is 5.78 Å². The van der Waals surface area contributed by atoms with E-state index in [1.807, 2.05) is 37.3 Å². The van der Waals surface area contributed by atoms with Gasteiger partial charge in [-0.05, 0) is 122 Å². The summed E-state index contributed by atoms with van der Waals surface area (Å²) in [5.74, 6) is -2.15. The zero-order chi connectivity index (χ0) is 49.9. The number of ketones is 2. The number of unbranched alkanes of at least 4 members (excludes halogenated alkanes) is 2. The van der Waals surface area contributed by atoms with Crippen LogP contribution in [0.25, 0.3) is 10.9 Å². The molecule has 0 aliphatic heterocycles. The Hall–Kier alpha value is -5.49. The molecule has 3 aromatic rings. The van der Waals surface area contributed by atoms with Gasteiger partial charge in [0.25, 0.3) is 0 Å². The van der Waals surface area contributed by atoms with Gasteiger partial charge in [0.1, 0.15) is 19.1 Å². The number of likely N-dealkylation sites (N-methyl/N-ethyl adjacent to an activating group) is 1. The van der Waals surface area contributed by atoms with Crippen LogP contribution in [0.3, 0.4) is 0 Å². The predicted molar refractivity (Wildman–Crippen MR) is 262 cm³/mol. The third-order valence-corrected chi connectivity index (χ3v) is 11.6. The number of ether oxygens (including phenoxy) is 3. The molecule has 1 heterocycles. The molecule has 0 aliphatic rings. The zero-order valence-electron chi connectivity index (χ0n) is 40.6. The fourth-order valence-electron chi connectivity index (χ4n) is 7.38. The molecule has 1 aromatic heterocycles. The Morgan fingerprint density at radius 2 is 1.43 bits per heavy atom. The number of benzene rings is 2. The van der Waals surface area contributed by atoms with Crippen molar-refractivity contribution in [3.63, 3.8) is 0 Å². The molecule has 3 atom stereocenters. The molecule has 3 unspecified atom stereocenters. The van der Waals surface area contributed by atoms with Crippen LogP contribution in [0.2, 0.25) is 5.02 Å². The van der Waals surface area contributed by atoms with Gasteiger partial charge in [0.05, 0.1) is 36.0 Å². The Morgan fingerprint density at radius 3 is 2.06 bits per heavy atom. The van der Waals surface area contributed by atoms with Crippen molar-refractivity contribution < 1.29 is 47.8 Å². The summed E-state index contributed by atoms with van der Waals surface area (Å²) in [5.41, 5.74) is 1.55. The lowest BCUT2D eigenvalue weighted by Gasteiger charge is -2.33. The Bertz CT molecular complexity index is 2090. The molecule has 17 nitrogen and oxygen atoms in total. The van der Waals surface area contributed by atoms with Gasteiger partial charge in [0, 0.05) is 60.8 Å². The highest BCUT2D eigenvalue weighted by atomic mass is 35.5. The summed E-state index contributed by atoms with van der Waals surface area (Å²) in [7, 11) is 1.71. The van der Waals surface area contributed by atoms with E-state index in [0.29, 0.717) is 63.2 Å². The van der Waals surface area contributed by atoms with Gasteiger partial charge in [-0.25, -0.2) is 4.79 Å². The fraction of sp³-hybridized carbons (Fsp3) is 0.560. The smallest absolute Gasteiger partial charge is 0.449 e. The molecule has 68 heavy (non-hydrogen) atoms. The van der Waals surface area contributed by atoms with Crippen molar-refractivity contribution in [2.75, 3.05) is 45.3 Å². The van der Waals surface area contributed by atoms with Gasteiger partial charge < -0.3 is 35.5 Å². The Morgan fingerprint density at radius 1 is 0.779 bits per heavy atom. The second-order valence-corrected chi connectivity index (χ2v) is 17.8. The normalized spacial score (nSPS) is 12.7. The first kappa shape index (κ1) is 56.8. The molecule has 2 aromatic carbocycles. The van der Waals surface area contributed by atoms with E-state index in [4.69, 9.17) is 21.1 Å². The minimum Gasteiger partial charge on any atom is -0.449 e. The minimum absolute atomic E-state index is 0.0164. The number of hydrogen-bond donors (Lipinski definition) is 5. The first-order chi connectivity index (χ1) is 32.5. The van der Waals surface area contributed by atoms with E-state index in [2.05, 4.69) is 48.1 Å². The number of amides is 2. The van der Waals surface area contributed by atoms with Crippen LogP contribution in [-0.2, 0) is 49.6 Å². The van der Waals surface area contributed by atoms with E-state index < -0.39 is 35.7 Å². The minimum atomic E-state index is -1.13. The van der Waals surface area contributed by atoms with Crippen molar-refractivity contribution >= 4 is 69.7 Å². The quantitative estimate of drug-likeness (QED) is 0.0184. The molecule has 0 spiro atoms. The van der Waals surface area contributed by atoms with Gasteiger partial charge in [-0.15, -0.1) is 0 Å². The molecular weight excluding hydrogens is 894 g/mol. The Kier molecular flexibility index (Phi) is 25.7. The molecule has 0 saturated heterocycles. The average Bonchev–Trinajstić information content (AvgIpc) is 3.31. The number of fused-ring (bicyclic) bond motifs is 1. The summed E-state index contributed by atoms with van der Waals surface area (Å²) in [5, 5.41) is 17.1. The molecule has 374 valence electrons. The van der Waals surface area contributed by atoms with Gasteiger partial charge in [-0.2, -0.15) is 0 Å². The summed E-state index contributed by atoms with van der Waals surface area (Å²) in [6.07, 6.45) is 5.36. The molecule has 0 saturated carbocycles. The first-order valence-electron chi connectivity index (χ1n) is 23.6. The maximum atomic E-state index is 13.6. The zero-order valence-corrected chi connectivity index (χ0v) is 41.3. The van der Waals surface area contributed by atoms with Crippen molar-refractivity contribution in [2.24, 2.45) is 0 Å². The van der Waals surface area contributed by atoms with Crippen LogP contribution in [0, 0.1) is 0 Å². The van der Waals surface area contributed by atoms with Gasteiger partial charge in [0.2, 0.25) is 11.8 Å². The van der Waals surface area contributed by atoms with E-state index >= 15 is 0 Å². The van der Waals surface area contributed by atoms with Crippen molar-refractivity contribution in [2.45, 2.75) is 142 Å². The topological polar surface area (TPSA) is 223 Å². The van der Waals surface area contributed by atoms with Crippen molar-refractivity contribution in [3.8, 4) is 0 Å². The predicted octanol–water partition coefficient (Wildman–Crippen LogP) is 6.79. The summed E-state index contributed by atoms with van der Waals surface area (Å²) in [4.78, 5) is 93.6. The van der Waals surface area contributed by atoms with E-state index in [9.17, 15) is 33.6 Å². The number of halogens is 1. The Balaban J connectivity index is 1.24. The van der Waals surface area contributed by atoms with Crippen LogP contribution in [-0.4, -0.2) is 115 Å². The van der Waals surface area contributed by atoms with E-state index in [1.54, 1.807) is 51.4 Å². The van der Waals surface area contributed by atoms with Crippen molar-refractivity contribution in [1.82, 2.24) is 31.2 Å². The largest absolute Gasteiger partial charge is 0.516 e. The van der Waals surface area contributed by atoms with Crippen LogP contribution in [0.1, 0.15) is 117 Å². The van der Waals surface area contributed by atoms with Crippen LogP contribution < -0.4 is 26.6 Å². The molecule has 3 rings (SSSR count). The van der Waals surface area contributed by atoms with Crippen LogP contribution in [0.15, 0.2) is 60.8 Å². The Labute approximate surface area is 405 Å². The molecule has 2 amide bonds. The lowest BCUT2D eigenvalue weighted by Crippen LogP contribution is -2.58. The van der Waals surface area contributed by atoms with Crippen LogP contribution in [0.4, 0.5) is 10.5 Å². The summed E-state index contributed by atoms with van der Waals surface area (Å²) < 4.78 is 15.0. The summed E-state index contributed by atoms with van der Waals surface area (Å²) in [6, 6.07) is 15.7. The van der Waals surface area contributed by atoms with Crippen molar-refractivity contribution in [1.29, 1.82) is 0 Å². The van der Waals surface area contributed by atoms with Crippen LogP contribution >= 0.6 is 11.6 Å². The second kappa shape index (κ2) is 30.8. The maximum absolute atomic E-state index is 13.6. The number of Topliss-reactive ketones (excluding diaryl/α,β-unsaturated/α-hetero) is 2. The summed E-state index contributed by atoms with van der Waals surface area (Å²) >= 11 is 6.13. The molecule has 0 radical (unpaired) electrons. The molecule has 0 bridgehead atoms. The number of hydrogen-bond acceptors (Lipinski definition) is 15. The highest BCUT2D eigenvalue weighted by molar-refractivity contribution is 6.31. The number of carbonyl (C=O) groups is 7. The number of carbonyl (C=O) groups excluding carboxylic acids is 7. The third kappa shape index (κ3) is 22.1. The number of pyridine rings is 1. The number of esters is 2. The molecular formula is C50H72ClN7O10. The number of nitrogens with zero attached hydrogens (tertiary/aromatic N) is 2. The fourth-order valence-corrected chi connectivity index (χ4v) is 7.55. The second-order valence-electron chi connectivity index (χ2n) is 17.4. The lowest BCUT2D eigenvalue weighted by atomic mass is 9.88. The van der Waals surface area contributed by atoms with Gasteiger partial charge in [-0.3, -0.25) is 44.0 Å². The summed E-state index contributed by atoms with van der Waals surface area (Å²) in [6.45, 7) is 11.4. The molecule has 0 aliphatic carbocycles. The van der Waals surface area contributed by atoms with Gasteiger partial charge >= 0.3 is 18.1 Å². The highest BCUT2D eigenvalue weighted by Gasteiger charge is 2.35. The first-order valence-corrected chi connectivity index (χ1v) is 24.0. The van der Waals surface area contributed by atoms with E-state index in [-0.39, 0.29) is 68.4 Å². The molecule has 5 N–H and O–H groups in total. The third-order valence-electron chi connectivity index (χ3n) is 11.4. The standard InChI is InChI=1S/C50H72ClN7O10/c1-7-58(31-15-16-35(2)56-41-27-30-53-43-32-38(51)21-22-39(41)43)34-67-46(62)25-23-44(60)54-29-14-12-20-42(52-6)48(64)50(4,5)57-40(36(3)59)19-11-13-28-55-45(61)24-26-47(63)68-49(65)66-33-37-17-9-8-10-18-37/h8-10,17-18,21-22,27,30,32,35,40,42,52,57H,7,11-16,19-20,23-26,28-29,31,33-34H2,1-6H3,(H,53,56)(H,54,60)(H,55,61). The number of nitrogens with one attached hydrogen (secondary N) is 5. The monoisotopic (exact) mass is 966 g/mol. The SMILES string of the molecule is CCN(CCCC(C)Nc1ccnc2cc(Cl)ccc12)COC(=O)CCC(=O)NCCCCC(NC)C(=O)C(C)(C)NC(CCCCNC(=O)CCC(=O)OC(=O)OCc1ccccc1)C(C)=O. The van der Waals surface area contributed by atoms with E-state index in [1.165, 1.54) is 6.92 Å². The number of aromatic nitrogens is 1. The van der Waals surface area contributed by atoms with E-state index in [0.717, 1.165) is 41.5 Å². The van der Waals surface area contributed by atoms with Crippen molar-refractivity contribution in [3.05, 3.63) is 71.4 Å². The number of rotatable bonds is 33. The lowest BCUT2D eigenvalue weighted by molar-refractivity contribution is -0.149. The number of anilines is 1. The van der Waals surface area contributed by atoms with Gasteiger partial charge in [-0.1, -0.05) is 48.9 Å². The average molecular weight is 967 g/mol. The maximum Gasteiger partial charge on any atom is 0.516 e. The molecule has 18 heteroatoms. The van der Waals surface area contributed by atoms with Crippen LogP contribution in [0.5, 0.6) is 0 Å².